The van der Waals surface area contributed by atoms with E-state index in [0.717, 1.165) is 36.3 Å². The van der Waals surface area contributed by atoms with Gasteiger partial charge in [0.2, 0.25) is 0 Å². The SMILES string of the molecule is CCOc1ccc(NC(=O)N(C)CC2CCCC2O)c(C)c1. The standard InChI is InChI=1S/C17H26N2O3/c1-4-22-14-8-9-15(12(2)10-14)18-17(21)19(3)11-13-6-5-7-16(13)20/h8-10,13,16,20H,4-7,11H2,1-3H3,(H,18,21). The highest BCUT2D eigenvalue weighted by Crippen LogP contribution is 2.26. The Bertz CT molecular complexity index is 519. The van der Waals surface area contributed by atoms with Crippen LogP contribution in [0, 0.1) is 12.8 Å². The van der Waals surface area contributed by atoms with Crippen molar-refractivity contribution in [3.05, 3.63) is 23.8 Å². The molecule has 0 spiro atoms. The first kappa shape index (κ1) is 16.6. The first-order valence-electron chi connectivity index (χ1n) is 7.95. The van der Waals surface area contributed by atoms with Crippen LogP contribution in [0.2, 0.25) is 0 Å². The van der Waals surface area contributed by atoms with Crippen LogP contribution in [-0.4, -0.2) is 42.3 Å². The maximum absolute atomic E-state index is 12.3. The van der Waals surface area contributed by atoms with Crippen LogP contribution >= 0.6 is 0 Å². The van der Waals surface area contributed by atoms with E-state index >= 15 is 0 Å². The van der Waals surface area contributed by atoms with Gasteiger partial charge in [-0.2, -0.15) is 0 Å². The minimum Gasteiger partial charge on any atom is -0.494 e. The van der Waals surface area contributed by atoms with Gasteiger partial charge in [-0.25, -0.2) is 4.79 Å². The van der Waals surface area contributed by atoms with Gasteiger partial charge in [0.15, 0.2) is 0 Å². The highest BCUT2D eigenvalue weighted by molar-refractivity contribution is 5.90. The Kier molecular flexibility index (Phi) is 5.66. The van der Waals surface area contributed by atoms with Crippen molar-refractivity contribution in [2.24, 2.45) is 5.92 Å². The number of aryl methyl sites for hydroxylation is 1. The number of hydrogen-bond acceptors (Lipinski definition) is 3. The zero-order valence-electron chi connectivity index (χ0n) is 13.6. The number of ether oxygens (including phenoxy) is 1. The van der Waals surface area contributed by atoms with Gasteiger partial charge in [0, 0.05) is 25.2 Å². The molecule has 1 saturated carbocycles. The van der Waals surface area contributed by atoms with Crippen LogP contribution in [0.4, 0.5) is 10.5 Å². The first-order chi connectivity index (χ1) is 10.5. The average Bonchev–Trinajstić information content (AvgIpc) is 2.87. The molecule has 0 bridgehead atoms. The summed E-state index contributed by atoms with van der Waals surface area (Å²) < 4.78 is 5.44. The van der Waals surface area contributed by atoms with Gasteiger partial charge >= 0.3 is 6.03 Å². The zero-order valence-corrected chi connectivity index (χ0v) is 13.6. The van der Waals surface area contributed by atoms with Crippen LogP contribution in [0.25, 0.3) is 0 Å². The van der Waals surface area contributed by atoms with Gasteiger partial charge in [0.25, 0.3) is 0 Å². The smallest absolute Gasteiger partial charge is 0.321 e. The number of aliphatic hydroxyl groups is 1. The van der Waals surface area contributed by atoms with E-state index in [1.165, 1.54) is 0 Å². The molecule has 1 fully saturated rings. The Morgan fingerprint density at radius 2 is 2.23 bits per heavy atom. The van der Waals surface area contributed by atoms with Crippen LogP contribution in [-0.2, 0) is 0 Å². The maximum atomic E-state index is 12.3. The molecule has 5 heteroatoms. The molecule has 0 aliphatic heterocycles. The number of hydrogen-bond donors (Lipinski definition) is 2. The van der Waals surface area contributed by atoms with Crippen molar-refractivity contribution < 1.29 is 14.6 Å². The fraction of sp³-hybridized carbons (Fsp3) is 0.588. The first-order valence-corrected chi connectivity index (χ1v) is 7.95. The number of nitrogens with one attached hydrogen (secondary N) is 1. The molecule has 1 aliphatic carbocycles. The highest BCUT2D eigenvalue weighted by atomic mass is 16.5. The number of urea groups is 1. The predicted octanol–water partition coefficient (Wildman–Crippen LogP) is 3.02. The monoisotopic (exact) mass is 306 g/mol. The summed E-state index contributed by atoms with van der Waals surface area (Å²) in [4.78, 5) is 13.9. The summed E-state index contributed by atoms with van der Waals surface area (Å²) in [5, 5.41) is 12.8. The number of nitrogens with zero attached hydrogens (tertiary/aromatic N) is 1. The Labute approximate surface area is 132 Å². The van der Waals surface area contributed by atoms with E-state index < -0.39 is 0 Å². The molecule has 1 aromatic carbocycles. The third kappa shape index (κ3) is 4.13. The third-order valence-corrected chi connectivity index (χ3v) is 4.22. The number of anilines is 1. The molecule has 1 aliphatic rings. The summed E-state index contributed by atoms with van der Waals surface area (Å²) in [6, 6.07) is 5.48. The second-order valence-corrected chi connectivity index (χ2v) is 5.98. The topological polar surface area (TPSA) is 61.8 Å². The van der Waals surface area contributed by atoms with Crippen molar-refractivity contribution in [1.82, 2.24) is 4.90 Å². The lowest BCUT2D eigenvalue weighted by atomic mass is 10.1. The summed E-state index contributed by atoms with van der Waals surface area (Å²) in [7, 11) is 1.77. The van der Waals surface area contributed by atoms with Gasteiger partial charge in [0.1, 0.15) is 5.75 Å². The summed E-state index contributed by atoms with van der Waals surface area (Å²) in [5.41, 5.74) is 1.75. The van der Waals surface area contributed by atoms with E-state index in [1.54, 1.807) is 11.9 Å². The van der Waals surface area contributed by atoms with Crippen molar-refractivity contribution in [2.75, 3.05) is 25.5 Å². The Balaban J connectivity index is 1.93. The largest absolute Gasteiger partial charge is 0.494 e. The molecule has 2 rings (SSSR count). The molecule has 0 saturated heterocycles. The van der Waals surface area contributed by atoms with Crippen molar-refractivity contribution in [1.29, 1.82) is 0 Å². The molecular weight excluding hydrogens is 280 g/mol. The molecule has 1 aromatic rings. The number of carbonyl (C=O) groups excluding carboxylic acids is 1. The number of aliphatic hydroxyl groups excluding tert-OH is 1. The lowest BCUT2D eigenvalue weighted by molar-refractivity contribution is 0.116. The Hall–Kier alpha value is -1.75. The minimum atomic E-state index is -0.275. The molecule has 0 aromatic heterocycles. The molecule has 122 valence electrons. The fourth-order valence-corrected chi connectivity index (χ4v) is 2.91. The molecular formula is C17H26N2O3. The van der Waals surface area contributed by atoms with Crippen LogP contribution in [0.5, 0.6) is 5.75 Å². The third-order valence-electron chi connectivity index (χ3n) is 4.22. The molecule has 5 nitrogen and oxygen atoms in total. The molecule has 0 heterocycles. The Morgan fingerprint density at radius 1 is 1.45 bits per heavy atom. The number of carbonyl (C=O) groups is 1. The van der Waals surface area contributed by atoms with Gasteiger partial charge < -0.3 is 20.1 Å². The quantitative estimate of drug-likeness (QED) is 0.879. The highest BCUT2D eigenvalue weighted by Gasteiger charge is 2.27. The van der Waals surface area contributed by atoms with Gasteiger partial charge in [0.05, 0.1) is 12.7 Å². The second-order valence-electron chi connectivity index (χ2n) is 5.98. The van der Waals surface area contributed by atoms with Crippen molar-refractivity contribution in [3.63, 3.8) is 0 Å². The molecule has 2 amide bonds. The number of benzene rings is 1. The fourth-order valence-electron chi connectivity index (χ4n) is 2.91. The number of rotatable bonds is 5. The van der Waals surface area contributed by atoms with Crippen molar-refractivity contribution in [2.45, 2.75) is 39.2 Å². The average molecular weight is 306 g/mol. The zero-order chi connectivity index (χ0) is 16.1. The van der Waals surface area contributed by atoms with Crippen LogP contribution < -0.4 is 10.1 Å². The molecule has 2 N–H and O–H groups in total. The number of amides is 2. The van der Waals surface area contributed by atoms with Crippen molar-refractivity contribution in [3.8, 4) is 5.75 Å². The van der Waals surface area contributed by atoms with Crippen LogP contribution in [0.1, 0.15) is 31.7 Å². The van der Waals surface area contributed by atoms with E-state index in [9.17, 15) is 9.90 Å². The van der Waals surface area contributed by atoms with E-state index in [1.807, 2.05) is 32.0 Å². The van der Waals surface area contributed by atoms with Gasteiger partial charge in [-0.3, -0.25) is 0 Å². The normalized spacial score (nSPS) is 20.7. The van der Waals surface area contributed by atoms with E-state index in [0.29, 0.717) is 13.2 Å². The van der Waals surface area contributed by atoms with Crippen LogP contribution in [0.15, 0.2) is 18.2 Å². The maximum Gasteiger partial charge on any atom is 0.321 e. The summed E-state index contributed by atoms with van der Waals surface area (Å²) in [6.45, 7) is 5.09. The second kappa shape index (κ2) is 7.49. The summed E-state index contributed by atoms with van der Waals surface area (Å²) in [6.07, 6.45) is 2.60. The minimum absolute atomic E-state index is 0.147. The van der Waals surface area contributed by atoms with E-state index in [4.69, 9.17) is 4.74 Å². The van der Waals surface area contributed by atoms with Gasteiger partial charge in [-0.1, -0.05) is 6.42 Å². The molecule has 2 unspecified atom stereocenters. The van der Waals surface area contributed by atoms with Gasteiger partial charge in [-0.15, -0.1) is 0 Å². The van der Waals surface area contributed by atoms with Crippen molar-refractivity contribution >= 4 is 11.7 Å². The predicted molar refractivity (Wildman–Crippen MR) is 87.3 cm³/mol. The van der Waals surface area contributed by atoms with Crippen LogP contribution in [0.3, 0.4) is 0 Å². The Morgan fingerprint density at radius 3 is 2.82 bits per heavy atom. The summed E-state index contributed by atoms with van der Waals surface area (Å²) in [5.74, 6) is 0.998. The molecule has 0 radical (unpaired) electrons. The summed E-state index contributed by atoms with van der Waals surface area (Å²) >= 11 is 0. The lowest BCUT2D eigenvalue weighted by Gasteiger charge is -2.24. The van der Waals surface area contributed by atoms with E-state index in [-0.39, 0.29) is 18.1 Å². The van der Waals surface area contributed by atoms with Gasteiger partial charge in [-0.05, 0) is 50.5 Å². The van der Waals surface area contributed by atoms with E-state index in [2.05, 4.69) is 5.32 Å². The molecule has 22 heavy (non-hydrogen) atoms. The lowest BCUT2D eigenvalue weighted by Crippen LogP contribution is -2.37. The molecule has 2 atom stereocenters.